The van der Waals surface area contributed by atoms with Crippen molar-refractivity contribution in [3.63, 3.8) is 0 Å². The van der Waals surface area contributed by atoms with E-state index in [0.29, 0.717) is 17.0 Å². The first-order valence-corrected chi connectivity index (χ1v) is 9.07. The Hall–Kier alpha value is -2.45. The molecule has 0 fully saturated rings. The monoisotopic (exact) mass is 382 g/mol. The average molecular weight is 383 g/mol. The number of carbonyl (C=O) groups is 1. The van der Waals surface area contributed by atoms with Crippen molar-refractivity contribution in [1.82, 2.24) is 0 Å². The van der Waals surface area contributed by atoms with Crippen molar-refractivity contribution in [2.24, 2.45) is 0 Å². The number of fused-ring (bicyclic) bond motifs is 1. The van der Waals surface area contributed by atoms with E-state index in [2.05, 4.69) is 10.0 Å². The van der Waals surface area contributed by atoms with Crippen LogP contribution in [0.5, 0.6) is 11.5 Å². The first-order chi connectivity index (χ1) is 11.8. The molecule has 0 aliphatic carbocycles. The van der Waals surface area contributed by atoms with Crippen LogP contribution < -0.4 is 19.5 Å². The number of hydrogen-bond acceptors (Lipinski definition) is 5. The minimum atomic E-state index is -3.99. The summed E-state index contributed by atoms with van der Waals surface area (Å²) in [6, 6.07) is 7.51. The van der Waals surface area contributed by atoms with Crippen molar-refractivity contribution in [3.05, 3.63) is 40.9 Å². The van der Waals surface area contributed by atoms with Crippen LogP contribution in [-0.2, 0) is 21.2 Å². The van der Waals surface area contributed by atoms with Crippen molar-refractivity contribution in [2.45, 2.75) is 11.3 Å². The lowest BCUT2D eigenvalue weighted by Crippen LogP contribution is -2.14. The summed E-state index contributed by atoms with van der Waals surface area (Å²) in [7, 11) is -1.17. The fourth-order valence-electron chi connectivity index (χ4n) is 2.52. The Labute approximate surface area is 149 Å². The fraction of sp³-hybridized carbons (Fsp3) is 0.188. The second-order valence-corrected chi connectivity index (χ2v) is 7.39. The highest BCUT2D eigenvalue weighted by Crippen LogP contribution is 2.35. The summed E-state index contributed by atoms with van der Waals surface area (Å²) < 4.78 is 38.2. The van der Waals surface area contributed by atoms with Gasteiger partial charge < -0.3 is 14.8 Å². The molecular formula is C16H15ClN2O5S. The number of anilines is 2. The van der Waals surface area contributed by atoms with E-state index < -0.39 is 10.0 Å². The van der Waals surface area contributed by atoms with E-state index in [0.717, 1.165) is 0 Å². The highest BCUT2D eigenvalue weighted by atomic mass is 35.5. The highest BCUT2D eigenvalue weighted by molar-refractivity contribution is 7.92. The van der Waals surface area contributed by atoms with Crippen LogP contribution in [-0.4, -0.2) is 28.5 Å². The molecule has 9 heteroatoms. The van der Waals surface area contributed by atoms with Crippen LogP contribution in [0.1, 0.15) is 5.56 Å². The summed E-state index contributed by atoms with van der Waals surface area (Å²) in [6.45, 7) is 0. The molecule has 0 saturated heterocycles. The minimum absolute atomic E-state index is 0.0832. The summed E-state index contributed by atoms with van der Waals surface area (Å²) in [5.74, 6) is 0.374. The molecule has 2 aromatic carbocycles. The molecule has 3 rings (SSSR count). The standard InChI is InChI=1S/C16H15ClN2O5S/c1-23-10-3-4-14(24-2)15(7-10)25(21,22)19-13-5-9-6-16(20)18-12(9)8-11(13)17/h3-5,7-8,19H,6H2,1-2H3,(H,18,20). The third-order valence-corrected chi connectivity index (χ3v) is 5.42. The van der Waals surface area contributed by atoms with E-state index in [-0.39, 0.29) is 33.7 Å². The lowest BCUT2D eigenvalue weighted by molar-refractivity contribution is -0.115. The maximum Gasteiger partial charge on any atom is 0.265 e. The topological polar surface area (TPSA) is 93.7 Å². The van der Waals surface area contributed by atoms with Gasteiger partial charge in [0.1, 0.15) is 16.4 Å². The van der Waals surface area contributed by atoms with Crippen molar-refractivity contribution in [3.8, 4) is 11.5 Å². The van der Waals surface area contributed by atoms with E-state index in [9.17, 15) is 13.2 Å². The molecule has 1 heterocycles. The molecule has 0 radical (unpaired) electrons. The minimum Gasteiger partial charge on any atom is -0.497 e. The van der Waals surface area contributed by atoms with Crippen LogP contribution in [0.3, 0.4) is 0 Å². The molecular weight excluding hydrogens is 368 g/mol. The number of halogens is 1. The summed E-state index contributed by atoms with van der Waals surface area (Å²) in [5, 5.41) is 2.83. The van der Waals surface area contributed by atoms with Crippen LogP contribution in [0.2, 0.25) is 5.02 Å². The molecule has 0 bridgehead atoms. The van der Waals surface area contributed by atoms with Crippen LogP contribution >= 0.6 is 11.6 Å². The second-order valence-electron chi connectivity index (χ2n) is 5.34. The number of carbonyl (C=O) groups excluding carboxylic acids is 1. The van der Waals surface area contributed by atoms with Gasteiger partial charge in [-0.3, -0.25) is 9.52 Å². The van der Waals surface area contributed by atoms with Gasteiger partial charge in [0.25, 0.3) is 10.0 Å². The van der Waals surface area contributed by atoms with Gasteiger partial charge >= 0.3 is 0 Å². The van der Waals surface area contributed by atoms with Gasteiger partial charge in [-0.1, -0.05) is 11.6 Å². The zero-order chi connectivity index (χ0) is 18.2. The van der Waals surface area contributed by atoms with Crippen LogP contribution in [0.25, 0.3) is 0 Å². The molecule has 1 aliphatic heterocycles. The van der Waals surface area contributed by atoms with Gasteiger partial charge in [-0.25, -0.2) is 8.42 Å². The largest absolute Gasteiger partial charge is 0.497 e. The molecule has 0 aromatic heterocycles. The number of nitrogens with one attached hydrogen (secondary N) is 2. The van der Waals surface area contributed by atoms with E-state index >= 15 is 0 Å². The highest BCUT2D eigenvalue weighted by Gasteiger charge is 2.24. The quantitative estimate of drug-likeness (QED) is 0.829. The Kier molecular flexibility index (Phi) is 4.49. The van der Waals surface area contributed by atoms with Crippen molar-refractivity contribution in [2.75, 3.05) is 24.3 Å². The molecule has 2 N–H and O–H groups in total. The summed E-state index contributed by atoms with van der Waals surface area (Å²) in [6.07, 6.45) is 0.170. The summed E-state index contributed by atoms with van der Waals surface area (Å²) >= 11 is 6.15. The van der Waals surface area contributed by atoms with Gasteiger partial charge in [-0.05, 0) is 29.8 Å². The number of rotatable bonds is 5. The third kappa shape index (κ3) is 3.35. The van der Waals surface area contributed by atoms with Crippen LogP contribution in [0.15, 0.2) is 35.2 Å². The molecule has 0 unspecified atom stereocenters. The molecule has 0 saturated carbocycles. The predicted octanol–water partition coefficient (Wildman–Crippen LogP) is 2.65. The van der Waals surface area contributed by atoms with E-state index in [1.54, 1.807) is 12.1 Å². The first-order valence-electron chi connectivity index (χ1n) is 7.21. The van der Waals surface area contributed by atoms with Crippen molar-refractivity contribution >= 4 is 38.9 Å². The van der Waals surface area contributed by atoms with E-state index in [1.807, 2.05) is 0 Å². The first kappa shape index (κ1) is 17.4. The number of methoxy groups -OCH3 is 2. The molecule has 1 aliphatic rings. The predicted molar refractivity (Wildman–Crippen MR) is 94.1 cm³/mol. The molecule has 1 amide bonds. The second kappa shape index (κ2) is 6.45. The number of amides is 1. The maximum absolute atomic E-state index is 12.8. The lowest BCUT2D eigenvalue weighted by Gasteiger charge is -2.14. The molecule has 132 valence electrons. The molecule has 0 atom stereocenters. The third-order valence-electron chi connectivity index (χ3n) is 3.72. The molecule has 25 heavy (non-hydrogen) atoms. The van der Waals surface area contributed by atoms with Crippen molar-refractivity contribution in [1.29, 1.82) is 0 Å². The van der Waals surface area contributed by atoms with Crippen LogP contribution in [0, 0.1) is 0 Å². The molecule has 0 spiro atoms. The fourth-order valence-corrected chi connectivity index (χ4v) is 4.04. The molecule has 2 aromatic rings. The SMILES string of the molecule is COc1ccc(OC)c(S(=O)(=O)Nc2cc3c(cc2Cl)NC(=O)C3)c1. The Morgan fingerprint density at radius 1 is 1.16 bits per heavy atom. The lowest BCUT2D eigenvalue weighted by atomic mass is 10.1. The van der Waals surface area contributed by atoms with Gasteiger partial charge in [0.05, 0.1) is 31.4 Å². The van der Waals surface area contributed by atoms with Gasteiger partial charge in [-0.2, -0.15) is 0 Å². The number of ether oxygens (including phenoxy) is 2. The Morgan fingerprint density at radius 3 is 2.60 bits per heavy atom. The van der Waals surface area contributed by atoms with Crippen molar-refractivity contribution < 1.29 is 22.7 Å². The molecule has 7 nitrogen and oxygen atoms in total. The Balaban J connectivity index is 2.01. The van der Waals surface area contributed by atoms with Gasteiger partial charge in [0.15, 0.2) is 0 Å². The zero-order valence-corrected chi connectivity index (χ0v) is 15.0. The number of benzene rings is 2. The number of sulfonamides is 1. The smallest absolute Gasteiger partial charge is 0.265 e. The van der Waals surface area contributed by atoms with E-state index in [1.165, 1.54) is 32.4 Å². The zero-order valence-electron chi connectivity index (χ0n) is 13.4. The van der Waals surface area contributed by atoms with Gasteiger partial charge in [0.2, 0.25) is 5.91 Å². The average Bonchev–Trinajstić information content (AvgIpc) is 2.93. The maximum atomic E-state index is 12.8. The normalized spacial score (nSPS) is 13.2. The van der Waals surface area contributed by atoms with E-state index in [4.69, 9.17) is 21.1 Å². The summed E-state index contributed by atoms with van der Waals surface area (Å²) in [4.78, 5) is 11.4. The Bertz CT molecular complexity index is 959. The van der Waals surface area contributed by atoms with Gasteiger partial charge in [0, 0.05) is 11.8 Å². The Morgan fingerprint density at radius 2 is 1.92 bits per heavy atom. The van der Waals surface area contributed by atoms with Crippen LogP contribution in [0.4, 0.5) is 11.4 Å². The van der Waals surface area contributed by atoms with Gasteiger partial charge in [-0.15, -0.1) is 0 Å². The summed E-state index contributed by atoms with van der Waals surface area (Å²) in [5.41, 5.74) is 1.43. The number of hydrogen-bond donors (Lipinski definition) is 2.